The van der Waals surface area contributed by atoms with Crippen LogP contribution in [-0.2, 0) is 16.0 Å². The summed E-state index contributed by atoms with van der Waals surface area (Å²) in [5, 5.41) is 3.39. The molecule has 1 atom stereocenters. The predicted molar refractivity (Wildman–Crippen MR) is 80.4 cm³/mol. The number of carbonyl (C=O) groups excluding carboxylic acids is 1. The molecule has 1 aliphatic heterocycles. The molecule has 1 unspecified atom stereocenters. The highest BCUT2D eigenvalue weighted by Crippen LogP contribution is 2.41. The number of hydrogen-bond donors (Lipinski definition) is 1. The summed E-state index contributed by atoms with van der Waals surface area (Å²) in [4.78, 5) is 12.3. The zero-order valence-electron chi connectivity index (χ0n) is 12.9. The number of nitrogens with one attached hydrogen (secondary N) is 1. The fourth-order valence-electron chi connectivity index (χ4n) is 2.86. The summed E-state index contributed by atoms with van der Waals surface area (Å²) in [5.74, 6) is 0.639. The van der Waals surface area contributed by atoms with Crippen molar-refractivity contribution in [2.24, 2.45) is 0 Å². The van der Waals surface area contributed by atoms with Crippen molar-refractivity contribution in [1.29, 1.82) is 0 Å². The van der Waals surface area contributed by atoms with Gasteiger partial charge in [0.25, 0.3) is 0 Å². The zero-order chi connectivity index (χ0) is 15.0. The van der Waals surface area contributed by atoms with Crippen molar-refractivity contribution in [1.82, 2.24) is 5.32 Å². The number of carbonyl (C=O) groups is 1. The molecule has 0 saturated heterocycles. The maximum absolute atomic E-state index is 12.3. The molecule has 1 aromatic carbocycles. The highest BCUT2D eigenvalue weighted by Gasteiger charge is 2.37. The highest BCUT2D eigenvalue weighted by atomic mass is 16.5. The monoisotopic (exact) mass is 289 g/mol. The van der Waals surface area contributed by atoms with Gasteiger partial charge in [-0.25, -0.2) is 4.79 Å². The van der Waals surface area contributed by atoms with E-state index in [9.17, 15) is 4.79 Å². The van der Waals surface area contributed by atoms with Crippen molar-refractivity contribution in [2.45, 2.75) is 57.7 Å². The molecule has 114 valence electrons. The minimum absolute atomic E-state index is 0.211. The van der Waals surface area contributed by atoms with Gasteiger partial charge in [0.05, 0.1) is 6.61 Å². The lowest BCUT2D eigenvalue weighted by Crippen LogP contribution is -2.32. The maximum atomic E-state index is 12.3. The van der Waals surface area contributed by atoms with Crippen molar-refractivity contribution >= 4 is 5.97 Å². The zero-order valence-corrected chi connectivity index (χ0v) is 12.9. The van der Waals surface area contributed by atoms with Crippen molar-refractivity contribution in [3.8, 4) is 5.75 Å². The first-order valence-electron chi connectivity index (χ1n) is 7.73. The Balaban J connectivity index is 1.93. The second-order valence-corrected chi connectivity index (χ2v) is 6.50. The number of fused-ring (bicyclic) bond motifs is 1. The molecule has 1 fully saturated rings. The Bertz CT molecular complexity index is 549. The summed E-state index contributed by atoms with van der Waals surface area (Å²) >= 11 is 0. The van der Waals surface area contributed by atoms with Crippen molar-refractivity contribution in [3.05, 3.63) is 29.3 Å². The number of benzene rings is 1. The van der Waals surface area contributed by atoms with Crippen LogP contribution in [0, 0.1) is 0 Å². The van der Waals surface area contributed by atoms with E-state index in [1.807, 2.05) is 19.1 Å². The van der Waals surface area contributed by atoms with E-state index in [0.29, 0.717) is 12.6 Å². The first kappa shape index (κ1) is 14.4. The predicted octanol–water partition coefficient (Wildman–Crippen LogP) is 2.76. The van der Waals surface area contributed by atoms with Crippen LogP contribution in [0.5, 0.6) is 5.75 Å². The van der Waals surface area contributed by atoms with Crippen LogP contribution in [0.4, 0.5) is 0 Å². The molecule has 4 heteroatoms. The van der Waals surface area contributed by atoms with Gasteiger partial charge < -0.3 is 9.47 Å². The van der Waals surface area contributed by atoms with E-state index in [1.54, 1.807) is 0 Å². The van der Waals surface area contributed by atoms with Crippen molar-refractivity contribution in [3.63, 3.8) is 0 Å². The van der Waals surface area contributed by atoms with Crippen LogP contribution in [0.3, 0.4) is 0 Å². The Morgan fingerprint density at radius 3 is 2.90 bits per heavy atom. The minimum atomic E-state index is -0.429. The SMILES string of the molecule is CCOC(=O)C(NC1CC1)c1cccc2c1OC(C)(C)C2. The Morgan fingerprint density at radius 2 is 2.24 bits per heavy atom. The average molecular weight is 289 g/mol. The minimum Gasteiger partial charge on any atom is -0.487 e. The van der Waals surface area contributed by atoms with E-state index >= 15 is 0 Å². The smallest absolute Gasteiger partial charge is 0.327 e. The first-order chi connectivity index (χ1) is 10.00. The summed E-state index contributed by atoms with van der Waals surface area (Å²) in [6, 6.07) is 6.04. The van der Waals surface area contributed by atoms with Crippen LogP contribution in [0.2, 0.25) is 0 Å². The van der Waals surface area contributed by atoms with E-state index in [-0.39, 0.29) is 11.6 Å². The maximum Gasteiger partial charge on any atom is 0.327 e. The van der Waals surface area contributed by atoms with Gasteiger partial charge in [-0.2, -0.15) is 0 Å². The molecular weight excluding hydrogens is 266 g/mol. The molecule has 0 bridgehead atoms. The second-order valence-electron chi connectivity index (χ2n) is 6.50. The van der Waals surface area contributed by atoms with Gasteiger partial charge >= 0.3 is 5.97 Å². The summed E-state index contributed by atoms with van der Waals surface area (Å²) in [6.07, 6.45) is 3.11. The fraction of sp³-hybridized carbons (Fsp3) is 0.588. The number of hydrogen-bond acceptors (Lipinski definition) is 4. The van der Waals surface area contributed by atoms with Crippen LogP contribution < -0.4 is 10.1 Å². The molecular formula is C17H23NO3. The lowest BCUT2D eigenvalue weighted by Gasteiger charge is -2.22. The molecule has 1 heterocycles. The fourth-order valence-corrected chi connectivity index (χ4v) is 2.86. The third kappa shape index (κ3) is 3.05. The quantitative estimate of drug-likeness (QED) is 0.847. The molecule has 3 rings (SSSR count). The molecule has 0 spiro atoms. The van der Waals surface area contributed by atoms with Gasteiger partial charge in [0.2, 0.25) is 0 Å². The number of ether oxygens (including phenoxy) is 2. The second kappa shape index (κ2) is 5.34. The topological polar surface area (TPSA) is 47.6 Å². The molecule has 1 aliphatic carbocycles. The summed E-state index contributed by atoms with van der Waals surface area (Å²) < 4.78 is 11.3. The van der Waals surface area contributed by atoms with Crippen LogP contribution >= 0.6 is 0 Å². The lowest BCUT2D eigenvalue weighted by molar-refractivity contribution is -0.146. The van der Waals surface area contributed by atoms with Gasteiger partial charge in [0, 0.05) is 18.0 Å². The summed E-state index contributed by atoms with van der Waals surface area (Å²) in [5.41, 5.74) is 1.87. The van der Waals surface area contributed by atoms with E-state index in [0.717, 1.165) is 30.6 Å². The number of esters is 1. The average Bonchev–Trinajstić information content (AvgIpc) is 3.16. The van der Waals surface area contributed by atoms with Crippen LogP contribution in [0.15, 0.2) is 18.2 Å². The third-order valence-corrected chi connectivity index (χ3v) is 3.93. The molecule has 0 radical (unpaired) electrons. The Labute approximate surface area is 125 Å². The van der Waals surface area contributed by atoms with Gasteiger partial charge in [-0.3, -0.25) is 5.32 Å². The molecule has 4 nitrogen and oxygen atoms in total. The Hall–Kier alpha value is -1.55. The van der Waals surface area contributed by atoms with Crippen molar-refractivity contribution in [2.75, 3.05) is 6.61 Å². The van der Waals surface area contributed by atoms with Gasteiger partial charge in [0.1, 0.15) is 17.4 Å². The molecule has 1 saturated carbocycles. The van der Waals surface area contributed by atoms with E-state index < -0.39 is 6.04 Å². The standard InChI is InChI=1S/C17H23NO3/c1-4-20-16(19)14(18-12-8-9-12)13-7-5-6-11-10-17(2,3)21-15(11)13/h5-7,12,14,18H,4,8-10H2,1-3H3. The summed E-state index contributed by atoms with van der Waals surface area (Å²) in [6.45, 7) is 6.37. The largest absolute Gasteiger partial charge is 0.487 e. The van der Waals surface area contributed by atoms with Crippen molar-refractivity contribution < 1.29 is 14.3 Å². The van der Waals surface area contributed by atoms with Crippen LogP contribution in [-0.4, -0.2) is 24.2 Å². The van der Waals surface area contributed by atoms with Gasteiger partial charge in [-0.05, 0) is 39.2 Å². The Kier molecular flexibility index (Phi) is 3.66. The molecule has 0 amide bonds. The summed E-state index contributed by atoms with van der Waals surface area (Å²) in [7, 11) is 0. The molecule has 1 aromatic rings. The van der Waals surface area contributed by atoms with Gasteiger partial charge in [-0.1, -0.05) is 18.2 Å². The third-order valence-electron chi connectivity index (χ3n) is 3.93. The van der Waals surface area contributed by atoms with E-state index in [4.69, 9.17) is 9.47 Å². The Morgan fingerprint density at radius 1 is 1.48 bits per heavy atom. The van der Waals surface area contributed by atoms with E-state index in [2.05, 4.69) is 25.2 Å². The molecule has 1 N–H and O–H groups in total. The van der Waals surface area contributed by atoms with Crippen LogP contribution in [0.25, 0.3) is 0 Å². The molecule has 0 aromatic heterocycles. The number of rotatable bonds is 5. The molecule has 2 aliphatic rings. The van der Waals surface area contributed by atoms with Crippen LogP contribution in [0.1, 0.15) is 50.8 Å². The van der Waals surface area contributed by atoms with E-state index in [1.165, 1.54) is 5.56 Å². The lowest BCUT2D eigenvalue weighted by atomic mass is 9.98. The first-order valence-corrected chi connectivity index (χ1v) is 7.73. The normalized spacial score (nSPS) is 20.5. The number of para-hydroxylation sites is 1. The van der Waals surface area contributed by atoms with Gasteiger partial charge in [0.15, 0.2) is 0 Å². The van der Waals surface area contributed by atoms with Gasteiger partial charge in [-0.15, -0.1) is 0 Å². The molecule has 21 heavy (non-hydrogen) atoms. The highest BCUT2D eigenvalue weighted by molar-refractivity contribution is 5.79.